The summed E-state index contributed by atoms with van der Waals surface area (Å²) in [6.45, 7) is 0. The Balaban J connectivity index is 1.83. The number of halogens is 2. The summed E-state index contributed by atoms with van der Waals surface area (Å²) in [5.74, 6) is 0.0344. The van der Waals surface area contributed by atoms with Gasteiger partial charge in [-0.3, -0.25) is 14.1 Å². The van der Waals surface area contributed by atoms with Crippen molar-refractivity contribution in [3.05, 3.63) is 81.3 Å². The summed E-state index contributed by atoms with van der Waals surface area (Å²) < 4.78 is 54.3. The minimum absolute atomic E-state index is 0.0428. The lowest BCUT2D eigenvalue weighted by Gasteiger charge is -2.15. The molecule has 0 unspecified atom stereocenters. The van der Waals surface area contributed by atoms with Gasteiger partial charge in [-0.15, -0.1) is 0 Å². The van der Waals surface area contributed by atoms with Crippen molar-refractivity contribution in [3.8, 4) is 17.3 Å². The third-order valence-corrected chi connectivity index (χ3v) is 6.77. The van der Waals surface area contributed by atoms with Gasteiger partial charge in [-0.05, 0) is 52.3 Å². The van der Waals surface area contributed by atoms with Crippen molar-refractivity contribution in [1.82, 2.24) is 9.55 Å². The van der Waals surface area contributed by atoms with Crippen LogP contribution >= 0.6 is 15.9 Å². The molecule has 11 heteroatoms. The molecule has 0 aliphatic carbocycles. The molecule has 0 saturated carbocycles. The average molecular weight is 534 g/mol. The molecule has 0 saturated heterocycles. The molecule has 1 N–H and O–H groups in total. The van der Waals surface area contributed by atoms with Gasteiger partial charge in [0.15, 0.2) is 0 Å². The molecule has 0 radical (unpaired) electrons. The summed E-state index contributed by atoms with van der Waals surface area (Å²) in [7, 11) is -1.16. The van der Waals surface area contributed by atoms with Crippen molar-refractivity contribution in [2.45, 2.75) is 4.90 Å². The molecule has 4 aromatic rings. The van der Waals surface area contributed by atoms with E-state index in [-0.39, 0.29) is 32.5 Å². The first-order valence-corrected chi connectivity index (χ1v) is 11.7. The van der Waals surface area contributed by atoms with E-state index in [1.807, 2.05) is 0 Å². The lowest BCUT2D eigenvalue weighted by atomic mass is 10.2. The maximum atomic E-state index is 14.3. The highest BCUT2D eigenvalue weighted by atomic mass is 79.9. The Labute approximate surface area is 196 Å². The second-order valence-electron chi connectivity index (χ2n) is 6.84. The maximum absolute atomic E-state index is 14.3. The van der Waals surface area contributed by atoms with E-state index >= 15 is 0 Å². The highest BCUT2D eigenvalue weighted by Crippen LogP contribution is 2.31. The number of rotatable bonds is 6. The summed E-state index contributed by atoms with van der Waals surface area (Å²) in [6.07, 6.45) is 0. The van der Waals surface area contributed by atoms with Crippen LogP contribution < -0.4 is 19.8 Å². The molecule has 0 spiro atoms. The largest absolute Gasteiger partial charge is 0.495 e. The molecule has 4 rings (SSSR count). The fraction of sp³-hybridized carbons (Fsp3) is 0.0909. The number of anilines is 1. The van der Waals surface area contributed by atoms with Crippen LogP contribution in [0.4, 0.5) is 10.2 Å². The summed E-state index contributed by atoms with van der Waals surface area (Å²) >= 11 is 3.10. The first-order chi connectivity index (χ1) is 15.7. The zero-order valence-electron chi connectivity index (χ0n) is 17.4. The van der Waals surface area contributed by atoms with Crippen molar-refractivity contribution in [1.29, 1.82) is 0 Å². The number of sulfonamides is 1. The molecular weight excluding hydrogens is 517 g/mol. The fourth-order valence-corrected chi connectivity index (χ4v) is 4.64. The Hall–Kier alpha value is -3.44. The number of methoxy groups -OCH3 is 2. The van der Waals surface area contributed by atoms with Crippen molar-refractivity contribution >= 4 is 42.7 Å². The van der Waals surface area contributed by atoms with E-state index in [0.29, 0.717) is 10.9 Å². The molecule has 0 aliphatic heterocycles. The third-order valence-electron chi connectivity index (χ3n) is 4.81. The van der Waals surface area contributed by atoms with E-state index in [2.05, 4.69) is 25.6 Å². The van der Waals surface area contributed by atoms with E-state index < -0.39 is 21.4 Å². The smallest absolute Gasteiger partial charge is 0.263 e. The quantitative estimate of drug-likeness (QED) is 0.400. The zero-order chi connectivity index (χ0) is 23.8. The molecule has 8 nitrogen and oxygen atoms in total. The minimum atomic E-state index is -3.99. The van der Waals surface area contributed by atoms with Gasteiger partial charge in [-0.1, -0.05) is 6.07 Å². The highest BCUT2D eigenvalue weighted by Gasteiger charge is 2.19. The molecule has 0 amide bonds. The summed E-state index contributed by atoms with van der Waals surface area (Å²) in [5.41, 5.74) is 0.126. The summed E-state index contributed by atoms with van der Waals surface area (Å²) in [6, 6.07) is 14.3. The van der Waals surface area contributed by atoms with Crippen LogP contribution in [0.1, 0.15) is 0 Å². The number of nitrogens with zero attached hydrogens (tertiary/aromatic N) is 2. The normalized spacial score (nSPS) is 11.4. The molecule has 0 bridgehead atoms. The molecule has 0 aliphatic rings. The van der Waals surface area contributed by atoms with Crippen LogP contribution in [0.5, 0.6) is 11.6 Å². The van der Waals surface area contributed by atoms with Crippen molar-refractivity contribution < 1.29 is 22.3 Å². The standard InChI is InChI=1S/C22H17BrFN3O5S/c1-31-19-11-15(23)16(24)12-18(19)27-17-8-7-14(10-13(17)6-9-22(27)28)33(29,30)26-20-4-3-5-21(25-20)32-2/h3-12H,1-2H3,(H,25,26). The number of hydrogen-bond acceptors (Lipinski definition) is 6. The van der Waals surface area contributed by atoms with E-state index in [0.717, 1.165) is 0 Å². The van der Waals surface area contributed by atoms with Crippen LogP contribution in [0.15, 0.2) is 74.8 Å². The van der Waals surface area contributed by atoms with E-state index in [1.54, 1.807) is 12.1 Å². The minimum Gasteiger partial charge on any atom is -0.495 e. The van der Waals surface area contributed by atoms with Gasteiger partial charge in [0, 0.05) is 23.6 Å². The molecule has 170 valence electrons. The summed E-state index contributed by atoms with van der Waals surface area (Å²) in [5, 5.41) is 0.446. The molecular formula is C22H17BrFN3O5S. The van der Waals surface area contributed by atoms with Gasteiger partial charge in [0.2, 0.25) is 5.88 Å². The molecule has 2 heterocycles. The molecule has 0 fully saturated rings. The predicted molar refractivity (Wildman–Crippen MR) is 125 cm³/mol. The number of hydrogen-bond donors (Lipinski definition) is 1. The van der Waals surface area contributed by atoms with Gasteiger partial charge in [-0.2, -0.15) is 4.98 Å². The molecule has 0 atom stereocenters. The Morgan fingerprint density at radius 2 is 1.82 bits per heavy atom. The van der Waals surface area contributed by atoms with E-state index in [1.165, 1.54) is 67.3 Å². The number of nitrogens with one attached hydrogen (secondary N) is 1. The summed E-state index contributed by atoms with van der Waals surface area (Å²) in [4.78, 5) is 16.7. The SMILES string of the molecule is COc1cccc(NS(=O)(=O)c2ccc3c(ccc(=O)n3-c3cc(F)c(Br)cc3OC)c2)n1. The molecule has 33 heavy (non-hydrogen) atoms. The van der Waals surface area contributed by atoms with Gasteiger partial charge in [-0.25, -0.2) is 12.8 Å². The lowest BCUT2D eigenvalue weighted by molar-refractivity contribution is 0.398. The number of benzene rings is 2. The predicted octanol–water partition coefficient (Wildman–Crippen LogP) is 4.11. The lowest BCUT2D eigenvalue weighted by Crippen LogP contribution is -2.19. The Morgan fingerprint density at radius 1 is 1.03 bits per heavy atom. The fourth-order valence-electron chi connectivity index (χ4n) is 3.28. The van der Waals surface area contributed by atoms with Crippen LogP contribution in [-0.2, 0) is 10.0 Å². The first kappa shape index (κ1) is 22.7. The topological polar surface area (TPSA) is 99.5 Å². The van der Waals surface area contributed by atoms with Crippen molar-refractivity contribution in [3.63, 3.8) is 0 Å². The monoisotopic (exact) mass is 533 g/mol. The Bertz CT molecular complexity index is 1540. The van der Waals surface area contributed by atoms with Crippen LogP contribution in [0, 0.1) is 5.82 Å². The number of ether oxygens (including phenoxy) is 2. The molecule has 2 aromatic heterocycles. The van der Waals surface area contributed by atoms with Crippen LogP contribution in [0.2, 0.25) is 0 Å². The third kappa shape index (κ3) is 4.41. The van der Waals surface area contributed by atoms with Gasteiger partial charge in [0.1, 0.15) is 17.4 Å². The Morgan fingerprint density at radius 3 is 2.55 bits per heavy atom. The van der Waals surface area contributed by atoms with Gasteiger partial charge >= 0.3 is 0 Å². The zero-order valence-corrected chi connectivity index (χ0v) is 19.8. The second-order valence-corrected chi connectivity index (χ2v) is 9.37. The van der Waals surface area contributed by atoms with Crippen molar-refractivity contribution in [2.24, 2.45) is 0 Å². The van der Waals surface area contributed by atoms with Gasteiger partial charge < -0.3 is 9.47 Å². The van der Waals surface area contributed by atoms with Crippen LogP contribution in [0.3, 0.4) is 0 Å². The van der Waals surface area contributed by atoms with Crippen LogP contribution in [-0.4, -0.2) is 32.2 Å². The average Bonchev–Trinajstić information content (AvgIpc) is 2.80. The first-order valence-electron chi connectivity index (χ1n) is 9.46. The van der Waals surface area contributed by atoms with Gasteiger partial charge in [0.05, 0.1) is 34.8 Å². The number of aromatic nitrogens is 2. The van der Waals surface area contributed by atoms with Gasteiger partial charge in [0.25, 0.3) is 15.6 Å². The van der Waals surface area contributed by atoms with Crippen LogP contribution in [0.25, 0.3) is 16.6 Å². The number of fused-ring (bicyclic) bond motifs is 1. The highest BCUT2D eigenvalue weighted by molar-refractivity contribution is 9.10. The van der Waals surface area contributed by atoms with Crippen molar-refractivity contribution in [2.75, 3.05) is 18.9 Å². The molecule has 2 aromatic carbocycles. The van der Waals surface area contributed by atoms with E-state index in [9.17, 15) is 17.6 Å². The number of pyridine rings is 2. The second kappa shape index (κ2) is 8.83. The Kier molecular flexibility index (Phi) is 6.09. The maximum Gasteiger partial charge on any atom is 0.263 e. The van der Waals surface area contributed by atoms with E-state index in [4.69, 9.17) is 9.47 Å².